The zero-order chi connectivity index (χ0) is 11.4. The van der Waals surface area contributed by atoms with Crippen LogP contribution in [0, 0.1) is 0 Å². The molecule has 1 aliphatic rings. The van der Waals surface area contributed by atoms with Gasteiger partial charge >= 0.3 is 0 Å². The number of nitrogens with one attached hydrogen (secondary N) is 1. The molecule has 1 unspecified atom stereocenters. The minimum absolute atomic E-state index is 0.284. The van der Waals surface area contributed by atoms with Crippen LogP contribution in [0.1, 0.15) is 36.8 Å². The molecule has 1 saturated carbocycles. The van der Waals surface area contributed by atoms with Crippen LogP contribution in [-0.2, 0) is 11.3 Å². The van der Waals surface area contributed by atoms with E-state index in [1.165, 1.54) is 24.0 Å². The van der Waals surface area contributed by atoms with Gasteiger partial charge in [0, 0.05) is 20.2 Å². The van der Waals surface area contributed by atoms with Crippen LogP contribution in [0.3, 0.4) is 0 Å². The summed E-state index contributed by atoms with van der Waals surface area (Å²) >= 11 is 0. The van der Waals surface area contributed by atoms with Crippen LogP contribution in [-0.4, -0.2) is 19.8 Å². The van der Waals surface area contributed by atoms with E-state index in [0.29, 0.717) is 0 Å². The van der Waals surface area contributed by atoms with E-state index in [0.717, 1.165) is 19.0 Å². The summed E-state index contributed by atoms with van der Waals surface area (Å²) in [6, 6.07) is 8.95. The number of methoxy groups -OCH3 is 1. The predicted molar refractivity (Wildman–Crippen MR) is 66.6 cm³/mol. The molecule has 16 heavy (non-hydrogen) atoms. The average molecular weight is 219 g/mol. The molecule has 0 heterocycles. The van der Waals surface area contributed by atoms with Crippen LogP contribution in [0.25, 0.3) is 0 Å². The number of ether oxygens (including phenoxy) is 1. The highest BCUT2D eigenvalue weighted by molar-refractivity contribution is 5.29. The first-order chi connectivity index (χ1) is 7.79. The Morgan fingerprint density at radius 2 is 2.25 bits per heavy atom. The van der Waals surface area contributed by atoms with Crippen LogP contribution in [0.15, 0.2) is 24.3 Å². The van der Waals surface area contributed by atoms with E-state index >= 15 is 0 Å². The molecule has 0 spiro atoms. The van der Waals surface area contributed by atoms with Crippen LogP contribution in [0.2, 0.25) is 0 Å². The quantitative estimate of drug-likeness (QED) is 0.794. The number of rotatable bonds is 6. The number of hydrogen-bond donors (Lipinski definition) is 1. The summed E-state index contributed by atoms with van der Waals surface area (Å²) in [6.45, 7) is 3.92. The van der Waals surface area contributed by atoms with E-state index < -0.39 is 0 Å². The molecule has 2 rings (SSSR count). The molecule has 0 amide bonds. The summed E-state index contributed by atoms with van der Waals surface area (Å²) in [5, 5.41) is 3.41. The Morgan fingerprint density at radius 3 is 2.94 bits per heavy atom. The molecule has 0 saturated heterocycles. The molecule has 0 radical (unpaired) electrons. The summed E-state index contributed by atoms with van der Waals surface area (Å²) in [4.78, 5) is 0. The van der Waals surface area contributed by atoms with E-state index in [1.54, 1.807) is 7.11 Å². The summed E-state index contributed by atoms with van der Waals surface area (Å²) in [5.41, 5.74) is 2.90. The zero-order valence-electron chi connectivity index (χ0n) is 10.2. The first-order valence-corrected chi connectivity index (χ1v) is 6.12. The molecular weight excluding hydrogens is 198 g/mol. The summed E-state index contributed by atoms with van der Waals surface area (Å²) in [5.74, 6) is 0.845. The van der Waals surface area contributed by atoms with E-state index in [1.807, 2.05) is 0 Å². The van der Waals surface area contributed by atoms with Gasteiger partial charge in [0.25, 0.3) is 0 Å². The van der Waals surface area contributed by atoms with E-state index in [4.69, 9.17) is 4.74 Å². The smallest absolute Gasteiger partial charge is 0.0667 e. The SMILES string of the molecule is COC(C)CNCc1cccc(C2CC2)c1. The van der Waals surface area contributed by atoms with Crippen molar-refractivity contribution in [2.75, 3.05) is 13.7 Å². The van der Waals surface area contributed by atoms with Crippen molar-refractivity contribution >= 4 is 0 Å². The molecule has 0 aliphatic heterocycles. The van der Waals surface area contributed by atoms with Crippen molar-refractivity contribution in [1.29, 1.82) is 0 Å². The summed E-state index contributed by atoms with van der Waals surface area (Å²) in [6.07, 6.45) is 3.03. The maximum Gasteiger partial charge on any atom is 0.0667 e. The largest absolute Gasteiger partial charge is 0.380 e. The van der Waals surface area contributed by atoms with Gasteiger partial charge in [-0.3, -0.25) is 0 Å². The lowest BCUT2D eigenvalue weighted by molar-refractivity contribution is 0.117. The minimum atomic E-state index is 0.284. The van der Waals surface area contributed by atoms with Gasteiger partial charge in [0.15, 0.2) is 0 Å². The van der Waals surface area contributed by atoms with E-state index in [-0.39, 0.29) is 6.10 Å². The van der Waals surface area contributed by atoms with E-state index in [2.05, 4.69) is 36.5 Å². The molecule has 0 bridgehead atoms. The maximum atomic E-state index is 5.20. The molecule has 88 valence electrons. The fraction of sp³-hybridized carbons (Fsp3) is 0.571. The Balaban J connectivity index is 1.82. The van der Waals surface area contributed by atoms with Gasteiger partial charge in [-0.25, -0.2) is 0 Å². The molecular formula is C14H21NO. The van der Waals surface area contributed by atoms with Gasteiger partial charge in [-0.2, -0.15) is 0 Å². The minimum Gasteiger partial charge on any atom is -0.380 e. The van der Waals surface area contributed by atoms with Crippen molar-refractivity contribution in [1.82, 2.24) is 5.32 Å². The van der Waals surface area contributed by atoms with Crippen LogP contribution in [0.5, 0.6) is 0 Å². The van der Waals surface area contributed by atoms with Gasteiger partial charge in [-0.1, -0.05) is 24.3 Å². The Bertz CT molecular complexity index is 333. The highest BCUT2D eigenvalue weighted by atomic mass is 16.5. The predicted octanol–water partition coefficient (Wildman–Crippen LogP) is 2.69. The summed E-state index contributed by atoms with van der Waals surface area (Å²) in [7, 11) is 1.75. The van der Waals surface area contributed by atoms with Crippen molar-refractivity contribution < 1.29 is 4.74 Å². The van der Waals surface area contributed by atoms with Crippen molar-refractivity contribution in [2.24, 2.45) is 0 Å². The molecule has 1 atom stereocenters. The van der Waals surface area contributed by atoms with Crippen molar-refractivity contribution in [3.8, 4) is 0 Å². The highest BCUT2D eigenvalue weighted by Gasteiger charge is 2.23. The Hall–Kier alpha value is -0.860. The molecule has 1 aliphatic carbocycles. The number of hydrogen-bond acceptors (Lipinski definition) is 2. The lowest BCUT2D eigenvalue weighted by atomic mass is 10.1. The highest BCUT2D eigenvalue weighted by Crippen LogP contribution is 2.40. The monoisotopic (exact) mass is 219 g/mol. The Kier molecular flexibility index (Phi) is 3.97. The van der Waals surface area contributed by atoms with Gasteiger partial charge in [0.1, 0.15) is 0 Å². The third kappa shape index (κ3) is 3.32. The standard InChI is InChI=1S/C14H21NO/c1-11(16-2)9-15-10-12-4-3-5-14(8-12)13-6-7-13/h3-5,8,11,13,15H,6-7,9-10H2,1-2H3. The lowest BCUT2D eigenvalue weighted by Crippen LogP contribution is -2.25. The Labute approximate surface area is 98.0 Å². The molecule has 0 aromatic heterocycles. The second-order valence-corrected chi connectivity index (χ2v) is 4.70. The van der Waals surface area contributed by atoms with Gasteiger partial charge in [-0.05, 0) is 36.8 Å². The molecule has 1 N–H and O–H groups in total. The van der Waals surface area contributed by atoms with Gasteiger partial charge in [-0.15, -0.1) is 0 Å². The van der Waals surface area contributed by atoms with Gasteiger partial charge in [0.05, 0.1) is 6.10 Å². The fourth-order valence-corrected chi connectivity index (χ4v) is 1.88. The Morgan fingerprint density at radius 1 is 1.44 bits per heavy atom. The molecule has 1 aromatic carbocycles. The van der Waals surface area contributed by atoms with Crippen molar-refractivity contribution in [3.05, 3.63) is 35.4 Å². The average Bonchev–Trinajstić information content (AvgIpc) is 3.13. The normalized spacial score (nSPS) is 17.4. The second kappa shape index (κ2) is 5.46. The molecule has 1 aromatic rings. The van der Waals surface area contributed by atoms with E-state index in [9.17, 15) is 0 Å². The third-order valence-corrected chi connectivity index (χ3v) is 3.16. The zero-order valence-corrected chi connectivity index (χ0v) is 10.2. The topological polar surface area (TPSA) is 21.3 Å². The molecule has 2 nitrogen and oxygen atoms in total. The van der Waals surface area contributed by atoms with Gasteiger partial charge in [0.2, 0.25) is 0 Å². The first kappa shape index (κ1) is 11.6. The van der Waals surface area contributed by atoms with Crippen molar-refractivity contribution in [3.63, 3.8) is 0 Å². The van der Waals surface area contributed by atoms with Gasteiger partial charge < -0.3 is 10.1 Å². The number of benzene rings is 1. The van der Waals surface area contributed by atoms with Crippen LogP contribution >= 0.6 is 0 Å². The lowest BCUT2D eigenvalue weighted by Gasteiger charge is -2.11. The first-order valence-electron chi connectivity index (χ1n) is 6.12. The summed E-state index contributed by atoms with van der Waals surface area (Å²) < 4.78 is 5.20. The third-order valence-electron chi connectivity index (χ3n) is 3.16. The van der Waals surface area contributed by atoms with Crippen LogP contribution < -0.4 is 5.32 Å². The van der Waals surface area contributed by atoms with Crippen molar-refractivity contribution in [2.45, 2.75) is 38.3 Å². The maximum absolute atomic E-state index is 5.20. The van der Waals surface area contributed by atoms with Crippen LogP contribution in [0.4, 0.5) is 0 Å². The molecule has 2 heteroatoms. The molecule has 1 fully saturated rings. The fourth-order valence-electron chi connectivity index (χ4n) is 1.88. The second-order valence-electron chi connectivity index (χ2n) is 4.70.